The standard InChI is InChI=1S/C17H22FNO2/c1-6-12(7-14(18)11(2)3)19-10-13-15(20)8-17(4,5)9-16(13)21/h6-7,10,19H,1,8-9H2,2-5H3/b12-7+. The molecule has 0 aromatic heterocycles. The third-order valence-electron chi connectivity index (χ3n) is 3.24. The van der Waals surface area contributed by atoms with Gasteiger partial charge >= 0.3 is 0 Å². The summed E-state index contributed by atoms with van der Waals surface area (Å²) in [6.07, 6.45) is 4.73. The summed E-state index contributed by atoms with van der Waals surface area (Å²) in [5, 5.41) is 2.78. The van der Waals surface area contributed by atoms with Crippen molar-refractivity contribution in [2.45, 2.75) is 40.5 Å². The first-order valence-electron chi connectivity index (χ1n) is 6.86. The molecule has 0 atom stereocenters. The summed E-state index contributed by atoms with van der Waals surface area (Å²) in [6.45, 7) is 10.7. The number of nitrogens with one attached hydrogen (secondary N) is 1. The minimum atomic E-state index is -0.377. The quantitative estimate of drug-likeness (QED) is 0.487. The Kier molecular flexibility index (Phi) is 5.41. The van der Waals surface area contributed by atoms with Crippen LogP contribution in [-0.4, -0.2) is 11.6 Å². The van der Waals surface area contributed by atoms with Crippen molar-refractivity contribution in [3.63, 3.8) is 0 Å². The number of Topliss-reactive ketones (excluding diaryl/α,β-unsaturated/α-hetero) is 2. The van der Waals surface area contributed by atoms with Crippen molar-refractivity contribution < 1.29 is 14.0 Å². The van der Waals surface area contributed by atoms with Gasteiger partial charge in [0.05, 0.1) is 5.57 Å². The van der Waals surface area contributed by atoms with Crippen LogP contribution in [0, 0.1) is 5.41 Å². The van der Waals surface area contributed by atoms with Gasteiger partial charge in [0.1, 0.15) is 5.83 Å². The zero-order valence-electron chi connectivity index (χ0n) is 13.0. The van der Waals surface area contributed by atoms with Crippen LogP contribution in [0.3, 0.4) is 0 Å². The van der Waals surface area contributed by atoms with E-state index >= 15 is 0 Å². The van der Waals surface area contributed by atoms with E-state index in [0.29, 0.717) is 24.1 Å². The number of hydrogen-bond acceptors (Lipinski definition) is 3. The van der Waals surface area contributed by atoms with Gasteiger partial charge in [0.2, 0.25) is 0 Å². The Morgan fingerprint density at radius 3 is 2.19 bits per heavy atom. The van der Waals surface area contributed by atoms with Gasteiger partial charge in [-0.25, -0.2) is 4.39 Å². The Hall–Kier alpha value is -1.97. The molecular formula is C17H22FNO2. The SMILES string of the molecule is C=C/C(=C\C(F)=C(C)C)NC=C1C(=O)CC(C)(C)CC1=O. The van der Waals surface area contributed by atoms with Crippen molar-refractivity contribution in [3.8, 4) is 0 Å². The number of carbonyl (C=O) groups excluding carboxylic acids is 2. The first kappa shape index (κ1) is 17.1. The molecule has 21 heavy (non-hydrogen) atoms. The van der Waals surface area contributed by atoms with Crippen LogP contribution in [0.25, 0.3) is 0 Å². The predicted molar refractivity (Wildman–Crippen MR) is 82.0 cm³/mol. The molecule has 0 saturated heterocycles. The maximum atomic E-state index is 13.5. The number of allylic oxidation sites excluding steroid dienone is 5. The summed E-state index contributed by atoms with van der Waals surface area (Å²) in [7, 11) is 0. The zero-order valence-corrected chi connectivity index (χ0v) is 13.0. The van der Waals surface area contributed by atoms with Gasteiger partial charge < -0.3 is 5.32 Å². The fourth-order valence-corrected chi connectivity index (χ4v) is 2.03. The van der Waals surface area contributed by atoms with Crippen molar-refractivity contribution in [2.75, 3.05) is 0 Å². The number of rotatable bonds is 4. The van der Waals surface area contributed by atoms with Gasteiger partial charge in [0.15, 0.2) is 11.6 Å². The van der Waals surface area contributed by atoms with Crippen molar-refractivity contribution in [3.05, 3.63) is 47.6 Å². The highest BCUT2D eigenvalue weighted by Crippen LogP contribution is 2.33. The molecule has 4 heteroatoms. The highest BCUT2D eigenvalue weighted by Gasteiger charge is 2.35. The molecule has 0 spiro atoms. The van der Waals surface area contributed by atoms with Gasteiger partial charge in [0.25, 0.3) is 0 Å². The lowest BCUT2D eigenvalue weighted by molar-refractivity contribution is -0.127. The average Bonchev–Trinajstić information content (AvgIpc) is 2.34. The average molecular weight is 291 g/mol. The Morgan fingerprint density at radius 2 is 1.76 bits per heavy atom. The van der Waals surface area contributed by atoms with Crippen molar-refractivity contribution in [2.24, 2.45) is 5.41 Å². The molecule has 0 unspecified atom stereocenters. The molecular weight excluding hydrogens is 269 g/mol. The Labute approximate surface area is 125 Å². The summed E-state index contributed by atoms with van der Waals surface area (Å²) >= 11 is 0. The summed E-state index contributed by atoms with van der Waals surface area (Å²) in [5.74, 6) is -0.747. The van der Waals surface area contributed by atoms with Crippen molar-refractivity contribution >= 4 is 11.6 Å². The Bertz CT molecular complexity index is 539. The lowest BCUT2D eigenvalue weighted by Crippen LogP contribution is -2.32. The van der Waals surface area contributed by atoms with Crippen LogP contribution >= 0.6 is 0 Å². The largest absolute Gasteiger partial charge is 0.361 e. The number of hydrogen-bond donors (Lipinski definition) is 1. The molecule has 0 aromatic rings. The highest BCUT2D eigenvalue weighted by molar-refractivity contribution is 6.22. The van der Waals surface area contributed by atoms with Crippen LogP contribution in [0.1, 0.15) is 40.5 Å². The van der Waals surface area contributed by atoms with Gasteiger partial charge in [-0.1, -0.05) is 20.4 Å². The van der Waals surface area contributed by atoms with E-state index in [0.717, 1.165) is 0 Å². The molecule has 1 N–H and O–H groups in total. The maximum Gasteiger partial charge on any atom is 0.168 e. The summed E-state index contributed by atoms with van der Waals surface area (Å²) in [6, 6.07) is 0. The molecule has 0 heterocycles. The van der Waals surface area contributed by atoms with E-state index < -0.39 is 0 Å². The molecule has 0 aliphatic heterocycles. The molecule has 1 aliphatic carbocycles. The molecule has 1 saturated carbocycles. The molecule has 0 aromatic carbocycles. The van der Waals surface area contributed by atoms with E-state index in [4.69, 9.17) is 0 Å². The molecule has 0 amide bonds. The fraction of sp³-hybridized carbons (Fsp3) is 0.412. The van der Waals surface area contributed by atoms with E-state index in [-0.39, 0.29) is 28.4 Å². The van der Waals surface area contributed by atoms with Gasteiger partial charge in [-0.15, -0.1) is 0 Å². The molecule has 1 rings (SSSR count). The third kappa shape index (κ3) is 4.81. The molecule has 114 valence electrons. The van der Waals surface area contributed by atoms with E-state index in [9.17, 15) is 14.0 Å². The normalized spacial score (nSPS) is 18.3. The lowest BCUT2D eigenvalue weighted by Gasteiger charge is -2.28. The van der Waals surface area contributed by atoms with Crippen LogP contribution in [0.2, 0.25) is 0 Å². The van der Waals surface area contributed by atoms with Crippen molar-refractivity contribution in [1.29, 1.82) is 0 Å². The van der Waals surface area contributed by atoms with E-state index in [1.165, 1.54) is 18.4 Å². The Balaban J connectivity index is 2.94. The van der Waals surface area contributed by atoms with Gasteiger partial charge in [-0.05, 0) is 37.0 Å². The second-order valence-corrected chi connectivity index (χ2v) is 6.22. The van der Waals surface area contributed by atoms with Gasteiger partial charge in [-0.2, -0.15) is 0 Å². The minimum absolute atomic E-state index is 0.139. The zero-order chi connectivity index (χ0) is 16.2. The first-order chi connectivity index (χ1) is 9.66. The van der Waals surface area contributed by atoms with Gasteiger partial charge in [-0.3, -0.25) is 9.59 Å². The van der Waals surface area contributed by atoms with Crippen LogP contribution in [0.15, 0.2) is 47.6 Å². The smallest absolute Gasteiger partial charge is 0.168 e. The molecule has 0 radical (unpaired) electrons. The van der Waals surface area contributed by atoms with Gasteiger partial charge in [0, 0.05) is 24.7 Å². The topological polar surface area (TPSA) is 46.2 Å². The minimum Gasteiger partial charge on any atom is -0.361 e. The van der Waals surface area contributed by atoms with Crippen LogP contribution < -0.4 is 5.32 Å². The third-order valence-corrected chi connectivity index (χ3v) is 3.24. The van der Waals surface area contributed by atoms with E-state index in [1.54, 1.807) is 13.8 Å². The Morgan fingerprint density at radius 1 is 1.24 bits per heavy atom. The van der Waals surface area contributed by atoms with Crippen LogP contribution in [-0.2, 0) is 9.59 Å². The maximum absolute atomic E-state index is 13.5. The fourth-order valence-electron chi connectivity index (χ4n) is 2.03. The van der Waals surface area contributed by atoms with Crippen LogP contribution in [0.4, 0.5) is 4.39 Å². The second kappa shape index (κ2) is 6.66. The molecule has 1 fully saturated rings. The van der Waals surface area contributed by atoms with E-state index in [1.807, 2.05) is 13.8 Å². The van der Waals surface area contributed by atoms with Crippen LogP contribution in [0.5, 0.6) is 0 Å². The molecule has 0 bridgehead atoms. The second-order valence-electron chi connectivity index (χ2n) is 6.22. The molecule has 1 aliphatic rings. The summed E-state index contributed by atoms with van der Waals surface area (Å²) < 4.78 is 13.5. The lowest BCUT2D eigenvalue weighted by atomic mass is 9.74. The number of carbonyl (C=O) groups is 2. The predicted octanol–water partition coefficient (Wildman–Crippen LogP) is 3.75. The highest BCUT2D eigenvalue weighted by atomic mass is 19.1. The number of ketones is 2. The summed E-state index contributed by atoms with van der Waals surface area (Å²) in [5.41, 5.74) is 0.776. The first-order valence-corrected chi connectivity index (χ1v) is 6.86. The monoisotopic (exact) mass is 291 g/mol. The van der Waals surface area contributed by atoms with E-state index in [2.05, 4.69) is 11.9 Å². The van der Waals surface area contributed by atoms with Crippen molar-refractivity contribution in [1.82, 2.24) is 5.32 Å². The summed E-state index contributed by atoms with van der Waals surface area (Å²) in [4.78, 5) is 24.0. The number of halogens is 1. The molecule has 3 nitrogen and oxygen atoms in total.